The quantitative estimate of drug-likeness (QED) is 0.712. The molecule has 94 valence electrons. The van der Waals surface area contributed by atoms with Gasteiger partial charge in [0.25, 0.3) is 0 Å². The lowest BCUT2D eigenvalue weighted by molar-refractivity contribution is 0.742. The third-order valence-electron chi connectivity index (χ3n) is 2.85. The third-order valence-corrected chi connectivity index (χ3v) is 2.85. The molecule has 2 N–H and O–H groups in total. The fraction of sp³-hybridized carbons (Fsp3) is 0.692. The van der Waals surface area contributed by atoms with E-state index in [1.54, 1.807) is 0 Å². The average Bonchev–Trinajstić information content (AvgIpc) is 3.07. The summed E-state index contributed by atoms with van der Waals surface area (Å²) in [6.45, 7) is 5.22. The molecule has 0 aromatic carbocycles. The van der Waals surface area contributed by atoms with Gasteiger partial charge in [-0.1, -0.05) is 19.8 Å². The molecule has 1 fully saturated rings. The summed E-state index contributed by atoms with van der Waals surface area (Å²) in [5, 5.41) is 6.70. The van der Waals surface area contributed by atoms with E-state index in [2.05, 4.69) is 27.5 Å². The second-order valence-electron chi connectivity index (χ2n) is 4.77. The van der Waals surface area contributed by atoms with Crippen molar-refractivity contribution in [1.82, 2.24) is 9.97 Å². The molecule has 17 heavy (non-hydrogen) atoms. The lowest BCUT2D eigenvalue weighted by Crippen LogP contribution is -2.09. The molecule has 2 rings (SSSR count). The van der Waals surface area contributed by atoms with E-state index >= 15 is 0 Å². The van der Waals surface area contributed by atoms with Gasteiger partial charge in [-0.2, -0.15) is 4.98 Å². The molecule has 0 radical (unpaired) electrons. The van der Waals surface area contributed by atoms with Crippen LogP contribution in [0.4, 0.5) is 11.8 Å². The summed E-state index contributed by atoms with van der Waals surface area (Å²) in [7, 11) is 0. The molecule has 1 aromatic rings. The molecular weight excluding hydrogens is 212 g/mol. The van der Waals surface area contributed by atoms with Gasteiger partial charge in [-0.25, -0.2) is 4.98 Å². The van der Waals surface area contributed by atoms with E-state index in [0.29, 0.717) is 6.04 Å². The van der Waals surface area contributed by atoms with Gasteiger partial charge in [-0.15, -0.1) is 0 Å². The van der Waals surface area contributed by atoms with E-state index in [1.165, 1.54) is 32.1 Å². The summed E-state index contributed by atoms with van der Waals surface area (Å²) in [4.78, 5) is 8.87. The molecule has 0 unspecified atom stereocenters. The van der Waals surface area contributed by atoms with Crippen molar-refractivity contribution in [2.24, 2.45) is 0 Å². The zero-order valence-corrected chi connectivity index (χ0v) is 10.8. The largest absolute Gasteiger partial charge is 0.370 e. The van der Waals surface area contributed by atoms with Gasteiger partial charge < -0.3 is 10.6 Å². The molecule has 0 aliphatic heterocycles. The Kier molecular flexibility index (Phi) is 4.18. The van der Waals surface area contributed by atoms with E-state index in [-0.39, 0.29) is 0 Å². The highest BCUT2D eigenvalue weighted by molar-refractivity contribution is 5.42. The molecule has 0 saturated heterocycles. The third kappa shape index (κ3) is 4.21. The van der Waals surface area contributed by atoms with Crippen LogP contribution in [-0.2, 0) is 0 Å². The average molecular weight is 234 g/mol. The fourth-order valence-corrected chi connectivity index (χ4v) is 1.73. The maximum absolute atomic E-state index is 4.48. The van der Waals surface area contributed by atoms with Crippen molar-refractivity contribution in [2.75, 3.05) is 17.2 Å². The van der Waals surface area contributed by atoms with Crippen molar-refractivity contribution >= 4 is 11.8 Å². The number of nitrogens with one attached hydrogen (secondary N) is 2. The number of hydrogen-bond donors (Lipinski definition) is 2. The molecule has 4 heteroatoms. The van der Waals surface area contributed by atoms with Crippen LogP contribution < -0.4 is 10.6 Å². The molecule has 1 heterocycles. The molecule has 1 aliphatic carbocycles. The maximum Gasteiger partial charge on any atom is 0.225 e. The monoisotopic (exact) mass is 234 g/mol. The molecule has 4 nitrogen and oxygen atoms in total. The minimum atomic E-state index is 0.602. The summed E-state index contributed by atoms with van der Waals surface area (Å²) < 4.78 is 0. The predicted octanol–water partition coefficient (Wildman–Crippen LogP) is 2.96. The number of aryl methyl sites for hydroxylation is 1. The van der Waals surface area contributed by atoms with Crippen molar-refractivity contribution < 1.29 is 0 Å². The minimum absolute atomic E-state index is 0.602. The van der Waals surface area contributed by atoms with Gasteiger partial charge in [0.15, 0.2) is 0 Å². The van der Waals surface area contributed by atoms with Crippen LogP contribution in [0.5, 0.6) is 0 Å². The van der Waals surface area contributed by atoms with Crippen LogP contribution in [0.1, 0.15) is 44.7 Å². The molecule has 1 saturated carbocycles. The van der Waals surface area contributed by atoms with Crippen molar-refractivity contribution in [3.8, 4) is 0 Å². The molecule has 0 bridgehead atoms. The lowest BCUT2D eigenvalue weighted by atomic mass is 10.2. The Morgan fingerprint density at radius 3 is 2.82 bits per heavy atom. The van der Waals surface area contributed by atoms with Gasteiger partial charge in [0.05, 0.1) is 0 Å². The van der Waals surface area contributed by atoms with Crippen LogP contribution in [0.15, 0.2) is 6.07 Å². The first-order valence-corrected chi connectivity index (χ1v) is 6.64. The van der Waals surface area contributed by atoms with Crippen molar-refractivity contribution in [1.29, 1.82) is 0 Å². The molecule has 0 amide bonds. The molecule has 0 atom stereocenters. The van der Waals surface area contributed by atoms with Crippen LogP contribution >= 0.6 is 0 Å². The number of unbranched alkanes of at least 4 members (excludes halogenated alkanes) is 2. The minimum Gasteiger partial charge on any atom is -0.370 e. The summed E-state index contributed by atoms with van der Waals surface area (Å²) in [5.41, 5.74) is 1.01. The normalized spacial score (nSPS) is 14.7. The molecule has 1 aromatic heterocycles. The highest BCUT2D eigenvalue weighted by atomic mass is 15.2. The van der Waals surface area contributed by atoms with Crippen LogP contribution in [0.2, 0.25) is 0 Å². The highest BCUT2D eigenvalue weighted by Crippen LogP contribution is 2.23. The second-order valence-corrected chi connectivity index (χ2v) is 4.77. The Hall–Kier alpha value is -1.32. The zero-order chi connectivity index (χ0) is 12.1. The lowest BCUT2D eigenvalue weighted by Gasteiger charge is -2.09. The Morgan fingerprint density at radius 2 is 2.12 bits per heavy atom. The van der Waals surface area contributed by atoms with E-state index in [0.717, 1.165) is 24.0 Å². The summed E-state index contributed by atoms with van der Waals surface area (Å²) in [6.07, 6.45) is 6.21. The second kappa shape index (κ2) is 5.84. The smallest absolute Gasteiger partial charge is 0.225 e. The number of hydrogen-bond acceptors (Lipinski definition) is 4. The van der Waals surface area contributed by atoms with Crippen LogP contribution in [-0.4, -0.2) is 22.6 Å². The van der Waals surface area contributed by atoms with Gasteiger partial charge in [0.1, 0.15) is 5.82 Å². The van der Waals surface area contributed by atoms with Gasteiger partial charge >= 0.3 is 0 Å². The summed E-state index contributed by atoms with van der Waals surface area (Å²) >= 11 is 0. The fourth-order valence-electron chi connectivity index (χ4n) is 1.73. The van der Waals surface area contributed by atoms with Crippen LogP contribution in [0.3, 0.4) is 0 Å². The molecular formula is C13H22N4. The topological polar surface area (TPSA) is 49.8 Å². The van der Waals surface area contributed by atoms with Gasteiger partial charge in [0, 0.05) is 24.3 Å². The van der Waals surface area contributed by atoms with Crippen LogP contribution in [0, 0.1) is 6.92 Å². The Labute approximate surface area is 103 Å². The number of anilines is 2. The SMILES string of the molecule is CCCCCNc1cc(C)nc(NC2CC2)n1. The summed E-state index contributed by atoms with van der Waals surface area (Å²) in [5.74, 6) is 1.71. The van der Waals surface area contributed by atoms with E-state index in [4.69, 9.17) is 0 Å². The van der Waals surface area contributed by atoms with Gasteiger partial charge in [-0.3, -0.25) is 0 Å². The maximum atomic E-state index is 4.48. The van der Waals surface area contributed by atoms with Crippen molar-refractivity contribution in [3.05, 3.63) is 11.8 Å². The van der Waals surface area contributed by atoms with E-state index in [9.17, 15) is 0 Å². The predicted molar refractivity (Wildman–Crippen MR) is 71.4 cm³/mol. The Bertz CT molecular complexity index is 360. The van der Waals surface area contributed by atoms with Crippen LogP contribution in [0.25, 0.3) is 0 Å². The van der Waals surface area contributed by atoms with Crippen molar-refractivity contribution in [2.45, 2.75) is 52.0 Å². The number of nitrogens with zero attached hydrogens (tertiary/aromatic N) is 2. The Balaban J connectivity index is 1.88. The van der Waals surface area contributed by atoms with E-state index < -0.39 is 0 Å². The number of rotatable bonds is 7. The zero-order valence-electron chi connectivity index (χ0n) is 10.8. The van der Waals surface area contributed by atoms with E-state index in [1.807, 2.05) is 13.0 Å². The first-order chi connectivity index (χ1) is 8.28. The number of aromatic nitrogens is 2. The first-order valence-electron chi connectivity index (χ1n) is 6.64. The summed E-state index contributed by atoms with van der Waals surface area (Å²) in [6, 6.07) is 2.61. The standard InChI is InChI=1S/C13H22N4/c1-3-4-5-8-14-12-9-10(2)15-13(17-12)16-11-6-7-11/h9,11H,3-8H2,1-2H3,(H2,14,15,16,17). The van der Waals surface area contributed by atoms with Crippen molar-refractivity contribution in [3.63, 3.8) is 0 Å². The van der Waals surface area contributed by atoms with Gasteiger partial charge in [-0.05, 0) is 26.2 Å². The first kappa shape index (κ1) is 12.1. The molecule has 1 aliphatic rings. The Morgan fingerprint density at radius 1 is 1.29 bits per heavy atom. The van der Waals surface area contributed by atoms with Gasteiger partial charge in [0.2, 0.25) is 5.95 Å². The molecule has 0 spiro atoms. The highest BCUT2D eigenvalue weighted by Gasteiger charge is 2.22.